The van der Waals surface area contributed by atoms with Crippen molar-refractivity contribution in [1.82, 2.24) is 10.3 Å². The molecule has 0 aliphatic carbocycles. The molecule has 0 radical (unpaired) electrons. The Labute approximate surface area is 114 Å². The smallest absolute Gasteiger partial charge is 0.261 e. The van der Waals surface area contributed by atoms with Crippen molar-refractivity contribution in [1.29, 1.82) is 0 Å². The Hall–Kier alpha value is -1.59. The minimum absolute atomic E-state index is 0.0966. The van der Waals surface area contributed by atoms with Crippen LogP contribution in [-0.4, -0.2) is 24.0 Å². The van der Waals surface area contributed by atoms with Crippen LogP contribution in [0.1, 0.15) is 9.67 Å². The third kappa shape index (κ3) is 3.45. The third-order valence-electron chi connectivity index (χ3n) is 2.10. The van der Waals surface area contributed by atoms with Gasteiger partial charge in [-0.3, -0.25) is 4.79 Å². The first-order valence-electron chi connectivity index (χ1n) is 5.32. The van der Waals surface area contributed by atoms with E-state index in [0.29, 0.717) is 28.9 Å². The maximum Gasteiger partial charge on any atom is 0.261 e. The number of nitrogens with zero attached hydrogens (tertiary/aromatic N) is 1. The Morgan fingerprint density at radius 1 is 1.44 bits per heavy atom. The van der Waals surface area contributed by atoms with Gasteiger partial charge < -0.3 is 10.1 Å². The van der Waals surface area contributed by atoms with Gasteiger partial charge in [-0.1, -0.05) is 17.7 Å². The summed E-state index contributed by atoms with van der Waals surface area (Å²) in [7, 11) is 0. The van der Waals surface area contributed by atoms with E-state index in [1.165, 1.54) is 11.3 Å². The van der Waals surface area contributed by atoms with E-state index in [1.807, 2.05) is 11.4 Å². The highest BCUT2D eigenvalue weighted by molar-refractivity contribution is 7.12. The van der Waals surface area contributed by atoms with E-state index in [4.69, 9.17) is 16.3 Å². The number of hydrogen-bond donors (Lipinski definition) is 1. The molecule has 0 aromatic carbocycles. The van der Waals surface area contributed by atoms with Gasteiger partial charge in [-0.15, -0.1) is 11.3 Å². The van der Waals surface area contributed by atoms with E-state index in [-0.39, 0.29) is 5.91 Å². The summed E-state index contributed by atoms with van der Waals surface area (Å²) >= 11 is 7.28. The third-order valence-corrected chi connectivity index (χ3v) is 3.25. The zero-order valence-electron chi connectivity index (χ0n) is 9.43. The Morgan fingerprint density at radius 3 is 3.06 bits per heavy atom. The van der Waals surface area contributed by atoms with Gasteiger partial charge in [-0.2, -0.15) is 0 Å². The maximum atomic E-state index is 11.6. The van der Waals surface area contributed by atoms with E-state index >= 15 is 0 Å². The number of amides is 1. The molecule has 2 rings (SSSR count). The van der Waals surface area contributed by atoms with Gasteiger partial charge in [-0.25, -0.2) is 4.98 Å². The lowest BCUT2D eigenvalue weighted by molar-refractivity contribution is 0.0950. The fourth-order valence-electron chi connectivity index (χ4n) is 1.28. The van der Waals surface area contributed by atoms with Gasteiger partial charge in [-0.05, 0) is 23.6 Å². The van der Waals surface area contributed by atoms with Gasteiger partial charge in [0.05, 0.1) is 11.4 Å². The van der Waals surface area contributed by atoms with Crippen molar-refractivity contribution in [2.75, 3.05) is 13.2 Å². The second kappa shape index (κ2) is 6.37. The molecule has 94 valence electrons. The van der Waals surface area contributed by atoms with Crippen LogP contribution in [0, 0.1) is 0 Å². The van der Waals surface area contributed by atoms with Gasteiger partial charge in [0.1, 0.15) is 11.6 Å². The summed E-state index contributed by atoms with van der Waals surface area (Å²) in [5, 5.41) is 5.07. The van der Waals surface area contributed by atoms with Crippen LogP contribution in [0.5, 0.6) is 5.88 Å². The number of thiophene rings is 1. The predicted octanol–water partition coefficient (Wildman–Crippen LogP) is 2.61. The molecule has 0 saturated carbocycles. The van der Waals surface area contributed by atoms with Gasteiger partial charge in [0.2, 0.25) is 5.88 Å². The molecule has 4 nitrogen and oxygen atoms in total. The molecule has 0 atom stereocenters. The minimum atomic E-state index is -0.0966. The highest BCUT2D eigenvalue weighted by atomic mass is 35.5. The standard InChI is InChI=1S/C12H11ClN2O2S/c13-9-3-1-5-15-12(9)17-7-6-14-11(16)10-4-2-8-18-10/h1-5,8H,6-7H2,(H,14,16). The Balaban J connectivity index is 1.74. The van der Waals surface area contributed by atoms with Crippen molar-refractivity contribution in [3.05, 3.63) is 45.7 Å². The molecule has 2 aromatic rings. The van der Waals surface area contributed by atoms with Crippen LogP contribution in [0.4, 0.5) is 0 Å². The molecule has 1 N–H and O–H groups in total. The Morgan fingerprint density at radius 2 is 2.33 bits per heavy atom. The fraction of sp³-hybridized carbons (Fsp3) is 0.167. The quantitative estimate of drug-likeness (QED) is 0.858. The predicted molar refractivity (Wildman–Crippen MR) is 71.4 cm³/mol. The van der Waals surface area contributed by atoms with Gasteiger partial charge >= 0.3 is 0 Å². The molecule has 6 heteroatoms. The first kappa shape index (κ1) is 12.9. The summed E-state index contributed by atoms with van der Waals surface area (Å²) < 4.78 is 5.35. The fourth-order valence-corrected chi connectivity index (χ4v) is 2.10. The van der Waals surface area contributed by atoms with Gasteiger partial charge in [0.25, 0.3) is 5.91 Å². The zero-order chi connectivity index (χ0) is 12.8. The molecule has 2 heterocycles. The topological polar surface area (TPSA) is 51.2 Å². The number of ether oxygens (including phenoxy) is 1. The van der Waals surface area contributed by atoms with Crippen molar-refractivity contribution in [2.24, 2.45) is 0 Å². The summed E-state index contributed by atoms with van der Waals surface area (Å²) in [4.78, 5) is 16.3. The van der Waals surface area contributed by atoms with E-state index in [0.717, 1.165) is 0 Å². The maximum absolute atomic E-state index is 11.6. The van der Waals surface area contributed by atoms with Crippen LogP contribution in [0.15, 0.2) is 35.8 Å². The van der Waals surface area contributed by atoms with Crippen LogP contribution in [-0.2, 0) is 0 Å². The van der Waals surface area contributed by atoms with Gasteiger partial charge in [0.15, 0.2) is 0 Å². The average molecular weight is 283 g/mol. The molecule has 0 bridgehead atoms. The monoisotopic (exact) mass is 282 g/mol. The SMILES string of the molecule is O=C(NCCOc1ncccc1Cl)c1cccs1. The van der Waals surface area contributed by atoms with E-state index in [1.54, 1.807) is 24.4 Å². The second-order valence-corrected chi connectivity index (χ2v) is 4.73. The van der Waals surface area contributed by atoms with E-state index < -0.39 is 0 Å². The molecule has 0 fully saturated rings. The number of rotatable bonds is 5. The highest BCUT2D eigenvalue weighted by Gasteiger charge is 2.05. The number of nitrogens with one attached hydrogen (secondary N) is 1. The van der Waals surface area contributed by atoms with Crippen LogP contribution in [0.25, 0.3) is 0 Å². The summed E-state index contributed by atoms with van der Waals surface area (Å²) in [5.41, 5.74) is 0. The summed E-state index contributed by atoms with van der Waals surface area (Å²) in [5.74, 6) is 0.283. The normalized spacial score (nSPS) is 10.1. The Kier molecular flexibility index (Phi) is 4.55. The molecule has 0 saturated heterocycles. The van der Waals surface area contributed by atoms with Crippen LogP contribution in [0.3, 0.4) is 0 Å². The van der Waals surface area contributed by atoms with Crippen molar-refractivity contribution in [2.45, 2.75) is 0 Å². The molecule has 0 aliphatic rings. The second-order valence-electron chi connectivity index (χ2n) is 3.37. The number of pyridine rings is 1. The molecule has 18 heavy (non-hydrogen) atoms. The van der Waals surface area contributed by atoms with Crippen LogP contribution >= 0.6 is 22.9 Å². The molecule has 0 spiro atoms. The van der Waals surface area contributed by atoms with Crippen LogP contribution in [0.2, 0.25) is 5.02 Å². The largest absolute Gasteiger partial charge is 0.475 e. The van der Waals surface area contributed by atoms with Crippen molar-refractivity contribution in [3.63, 3.8) is 0 Å². The lowest BCUT2D eigenvalue weighted by Crippen LogP contribution is -2.27. The lowest BCUT2D eigenvalue weighted by Gasteiger charge is -2.07. The minimum Gasteiger partial charge on any atom is -0.475 e. The molecule has 1 amide bonds. The van der Waals surface area contributed by atoms with Crippen molar-refractivity contribution < 1.29 is 9.53 Å². The number of carbonyl (C=O) groups excluding carboxylic acids is 1. The van der Waals surface area contributed by atoms with Crippen molar-refractivity contribution in [3.8, 4) is 5.88 Å². The number of halogens is 1. The molecular weight excluding hydrogens is 272 g/mol. The zero-order valence-corrected chi connectivity index (χ0v) is 11.0. The number of aromatic nitrogens is 1. The lowest BCUT2D eigenvalue weighted by atomic mass is 10.4. The first-order chi connectivity index (χ1) is 8.77. The summed E-state index contributed by atoms with van der Waals surface area (Å²) in [6.45, 7) is 0.734. The Bertz CT molecular complexity index is 517. The number of hydrogen-bond acceptors (Lipinski definition) is 4. The molecule has 0 aliphatic heterocycles. The first-order valence-corrected chi connectivity index (χ1v) is 6.58. The number of carbonyl (C=O) groups is 1. The van der Waals surface area contributed by atoms with E-state index in [9.17, 15) is 4.79 Å². The molecular formula is C12H11ClN2O2S. The summed E-state index contributed by atoms with van der Waals surface area (Å²) in [6, 6.07) is 7.04. The highest BCUT2D eigenvalue weighted by Crippen LogP contribution is 2.19. The van der Waals surface area contributed by atoms with Gasteiger partial charge in [0, 0.05) is 6.20 Å². The molecule has 2 aromatic heterocycles. The van der Waals surface area contributed by atoms with Crippen molar-refractivity contribution >= 4 is 28.8 Å². The molecule has 0 unspecified atom stereocenters. The average Bonchev–Trinajstić information content (AvgIpc) is 2.90. The van der Waals surface area contributed by atoms with Crippen LogP contribution < -0.4 is 10.1 Å². The summed E-state index contributed by atoms with van der Waals surface area (Å²) in [6.07, 6.45) is 1.60. The van der Waals surface area contributed by atoms with E-state index in [2.05, 4.69) is 10.3 Å².